The molecule has 0 saturated carbocycles. The van der Waals surface area contributed by atoms with Crippen molar-refractivity contribution in [1.82, 2.24) is 4.90 Å². The predicted molar refractivity (Wildman–Crippen MR) is 81.4 cm³/mol. The smallest absolute Gasteiger partial charge is 0.161 e. The highest BCUT2D eigenvalue weighted by Gasteiger charge is 2.19. The van der Waals surface area contributed by atoms with Crippen molar-refractivity contribution in [1.29, 1.82) is 0 Å². The number of methoxy groups -OCH3 is 1. The molecule has 20 heavy (non-hydrogen) atoms. The second-order valence-corrected chi connectivity index (χ2v) is 5.27. The standard InChI is InChI=1S/C16H26N2O2/c1-19-15-8-4-5-9-16(15)20-12-11-18-10-6-2-3-7-14(18)13-17/h4-5,8-9,14H,2-3,6-7,10-13,17H2,1H3. The molecule has 4 nitrogen and oxygen atoms in total. The van der Waals surface area contributed by atoms with Crippen LogP contribution in [0.3, 0.4) is 0 Å². The van der Waals surface area contributed by atoms with Gasteiger partial charge in [0.05, 0.1) is 7.11 Å². The molecule has 0 aromatic heterocycles. The molecule has 0 radical (unpaired) electrons. The van der Waals surface area contributed by atoms with Crippen molar-refractivity contribution in [2.45, 2.75) is 31.7 Å². The molecule has 0 spiro atoms. The summed E-state index contributed by atoms with van der Waals surface area (Å²) in [5.41, 5.74) is 5.89. The topological polar surface area (TPSA) is 47.7 Å². The Bertz CT molecular complexity index is 398. The van der Waals surface area contributed by atoms with Crippen molar-refractivity contribution < 1.29 is 9.47 Å². The molecule has 0 amide bonds. The van der Waals surface area contributed by atoms with Crippen molar-refractivity contribution >= 4 is 0 Å². The third-order valence-corrected chi connectivity index (χ3v) is 3.98. The van der Waals surface area contributed by atoms with E-state index in [1.165, 1.54) is 25.7 Å². The first-order valence-corrected chi connectivity index (χ1v) is 7.55. The lowest BCUT2D eigenvalue weighted by atomic mass is 10.1. The molecule has 1 aromatic rings. The lowest BCUT2D eigenvalue weighted by molar-refractivity contribution is 0.163. The van der Waals surface area contributed by atoms with E-state index in [1.807, 2.05) is 24.3 Å². The Kier molecular flexibility index (Phi) is 6.15. The van der Waals surface area contributed by atoms with Crippen LogP contribution in [-0.2, 0) is 0 Å². The molecular formula is C16H26N2O2. The minimum absolute atomic E-state index is 0.513. The van der Waals surface area contributed by atoms with Gasteiger partial charge in [-0.3, -0.25) is 4.90 Å². The molecule has 0 bridgehead atoms. The van der Waals surface area contributed by atoms with Crippen LogP contribution in [0, 0.1) is 0 Å². The molecule has 4 heteroatoms. The van der Waals surface area contributed by atoms with Crippen LogP contribution in [0.1, 0.15) is 25.7 Å². The molecule has 1 heterocycles. The van der Waals surface area contributed by atoms with Gasteiger partial charge in [0.2, 0.25) is 0 Å². The lowest BCUT2D eigenvalue weighted by Crippen LogP contribution is -2.42. The number of hydrogen-bond donors (Lipinski definition) is 1. The highest BCUT2D eigenvalue weighted by atomic mass is 16.5. The van der Waals surface area contributed by atoms with E-state index >= 15 is 0 Å². The summed E-state index contributed by atoms with van der Waals surface area (Å²) >= 11 is 0. The van der Waals surface area contributed by atoms with Gasteiger partial charge in [0.15, 0.2) is 11.5 Å². The number of benzene rings is 1. The van der Waals surface area contributed by atoms with Gasteiger partial charge in [0.25, 0.3) is 0 Å². The van der Waals surface area contributed by atoms with Crippen LogP contribution in [-0.4, -0.2) is 44.3 Å². The van der Waals surface area contributed by atoms with Gasteiger partial charge in [-0.05, 0) is 31.5 Å². The number of rotatable bonds is 6. The highest BCUT2D eigenvalue weighted by molar-refractivity contribution is 5.39. The molecular weight excluding hydrogens is 252 g/mol. The second kappa shape index (κ2) is 8.12. The van der Waals surface area contributed by atoms with Crippen LogP contribution in [0.15, 0.2) is 24.3 Å². The minimum Gasteiger partial charge on any atom is -0.493 e. The maximum atomic E-state index is 5.89. The molecule has 2 N–H and O–H groups in total. The van der Waals surface area contributed by atoms with Crippen molar-refractivity contribution in [3.05, 3.63) is 24.3 Å². The van der Waals surface area contributed by atoms with Crippen LogP contribution in [0.4, 0.5) is 0 Å². The SMILES string of the molecule is COc1ccccc1OCCN1CCCCCC1CN. The Labute approximate surface area is 121 Å². The fourth-order valence-corrected chi connectivity index (χ4v) is 2.81. The van der Waals surface area contributed by atoms with Crippen LogP contribution in [0.5, 0.6) is 11.5 Å². The zero-order valence-electron chi connectivity index (χ0n) is 12.4. The van der Waals surface area contributed by atoms with Gasteiger partial charge >= 0.3 is 0 Å². The Morgan fingerprint density at radius 3 is 2.75 bits per heavy atom. The van der Waals surface area contributed by atoms with Gasteiger partial charge in [-0.1, -0.05) is 25.0 Å². The Morgan fingerprint density at radius 2 is 2.00 bits per heavy atom. The van der Waals surface area contributed by atoms with Gasteiger partial charge in [-0.15, -0.1) is 0 Å². The van der Waals surface area contributed by atoms with Crippen molar-refractivity contribution in [3.8, 4) is 11.5 Å². The van der Waals surface area contributed by atoms with Crippen LogP contribution < -0.4 is 15.2 Å². The predicted octanol–water partition coefficient (Wildman–Crippen LogP) is 2.28. The van der Waals surface area contributed by atoms with E-state index in [1.54, 1.807) is 7.11 Å². The fraction of sp³-hybridized carbons (Fsp3) is 0.625. The first kappa shape index (κ1) is 15.1. The molecule has 1 aliphatic rings. The Morgan fingerprint density at radius 1 is 1.20 bits per heavy atom. The van der Waals surface area contributed by atoms with Gasteiger partial charge in [0.1, 0.15) is 6.61 Å². The highest BCUT2D eigenvalue weighted by Crippen LogP contribution is 2.25. The van der Waals surface area contributed by atoms with Crippen LogP contribution in [0.25, 0.3) is 0 Å². The number of nitrogens with zero attached hydrogens (tertiary/aromatic N) is 1. The summed E-state index contributed by atoms with van der Waals surface area (Å²) in [6.45, 7) is 3.49. The van der Waals surface area contributed by atoms with E-state index in [4.69, 9.17) is 15.2 Å². The summed E-state index contributed by atoms with van der Waals surface area (Å²) in [5.74, 6) is 1.60. The zero-order chi connectivity index (χ0) is 14.2. The van der Waals surface area contributed by atoms with E-state index in [0.717, 1.165) is 31.1 Å². The first-order chi connectivity index (χ1) is 9.85. The molecule has 1 unspecified atom stereocenters. The third kappa shape index (κ3) is 4.12. The van der Waals surface area contributed by atoms with Crippen molar-refractivity contribution in [2.75, 3.05) is 33.4 Å². The summed E-state index contributed by atoms with van der Waals surface area (Å²) in [6, 6.07) is 8.29. The monoisotopic (exact) mass is 278 g/mol. The van der Waals surface area contributed by atoms with E-state index in [-0.39, 0.29) is 0 Å². The summed E-state index contributed by atoms with van der Waals surface area (Å²) in [4.78, 5) is 2.47. The maximum Gasteiger partial charge on any atom is 0.161 e. The normalized spacial score (nSPS) is 20.4. The second-order valence-electron chi connectivity index (χ2n) is 5.27. The summed E-state index contributed by atoms with van der Waals surface area (Å²) in [7, 11) is 1.67. The average Bonchev–Trinajstić information content (AvgIpc) is 2.72. The lowest BCUT2D eigenvalue weighted by Gasteiger charge is -2.28. The molecule has 1 aromatic carbocycles. The first-order valence-electron chi connectivity index (χ1n) is 7.55. The Hall–Kier alpha value is -1.26. The van der Waals surface area contributed by atoms with Crippen molar-refractivity contribution in [3.63, 3.8) is 0 Å². The van der Waals surface area contributed by atoms with Gasteiger partial charge in [-0.25, -0.2) is 0 Å². The number of nitrogens with two attached hydrogens (primary N) is 1. The minimum atomic E-state index is 0.513. The van der Waals surface area contributed by atoms with E-state index in [9.17, 15) is 0 Å². The quantitative estimate of drug-likeness (QED) is 0.867. The van der Waals surface area contributed by atoms with E-state index in [0.29, 0.717) is 12.6 Å². The average molecular weight is 278 g/mol. The number of para-hydroxylation sites is 2. The molecule has 1 saturated heterocycles. The van der Waals surface area contributed by atoms with Crippen molar-refractivity contribution in [2.24, 2.45) is 5.73 Å². The van der Waals surface area contributed by atoms with Gasteiger partial charge in [-0.2, -0.15) is 0 Å². The summed E-state index contributed by atoms with van der Waals surface area (Å²) < 4.78 is 11.1. The maximum absolute atomic E-state index is 5.89. The largest absolute Gasteiger partial charge is 0.493 e. The summed E-state index contributed by atoms with van der Waals surface area (Å²) in [6.07, 6.45) is 5.10. The van der Waals surface area contributed by atoms with Gasteiger partial charge in [0, 0.05) is 19.1 Å². The molecule has 1 atom stereocenters. The van der Waals surface area contributed by atoms with E-state index < -0.39 is 0 Å². The molecule has 112 valence electrons. The zero-order valence-corrected chi connectivity index (χ0v) is 12.4. The Balaban J connectivity index is 1.84. The van der Waals surface area contributed by atoms with Gasteiger partial charge < -0.3 is 15.2 Å². The van der Waals surface area contributed by atoms with Crippen LogP contribution >= 0.6 is 0 Å². The van der Waals surface area contributed by atoms with E-state index in [2.05, 4.69) is 4.90 Å². The molecule has 1 aliphatic heterocycles. The molecule has 2 rings (SSSR count). The third-order valence-electron chi connectivity index (χ3n) is 3.98. The van der Waals surface area contributed by atoms with Crippen LogP contribution in [0.2, 0.25) is 0 Å². The fourth-order valence-electron chi connectivity index (χ4n) is 2.81. The number of ether oxygens (including phenoxy) is 2. The number of likely N-dealkylation sites (tertiary alicyclic amines) is 1. The molecule has 0 aliphatic carbocycles. The molecule has 1 fully saturated rings. The number of hydrogen-bond acceptors (Lipinski definition) is 4. The summed E-state index contributed by atoms with van der Waals surface area (Å²) in [5, 5.41) is 0.